The van der Waals surface area contributed by atoms with Crippen LogP contribution in [0.4, 0.5) is 8.78 Å². The van der Waals surface area contributed by atoms with E-state index in [0.717, 1.165) is 17.7 Å². The third-order valence-corrected chi connectivity index (χ3v) is 5.09. The summed E-state index contributed by atoms with van der Waals surface area (Å²) in [4.78, 5) is 11.3. The van der Waals surface area contributed by atoms with Crippen LogP contribution in [-0.2, 0) is 26.0 Å². The van der Waals surface area contributed by atoms with Crippen LogP contribution in [0.15, 0.2) is 53.4 Å². The van der Waals surface area contributed by atoms with Gasteiger partial charge in [0.05, 0.1) is 12.5 Å². The predicted octanol–water partition coefficient (Wildman–Crippen LogP) is 2.67. The molecule has 2 rings (SSSR count). The van der Waals surface area contributed by atoms with Gasteiger partial charge in [-0.1, -0.05) is 30.3 Å². The third kappa shape index (κ3) is 5.34. The van der Waals surface area contributed by atoms with Crippen LogP contribution in [0.25, 0.3) is 0 Å². The Hall–Kier alpha value is -2.32. The van der Waals surface area contributed by atoms with E-state index in [-0.39, 0.29) is 19.6 Å². The van der Waals surface area contributed by atoms with Crippen molar-refractivity contribution in [3.63, 3.8) is 0 Å². The van der Waals surface area contributed by atoms with E-state index in [1.165, 1.54) is 0 Å². The number of hydrogen-bond acceptors (Lipinski definition) is 4. The minimum absolute atomic E-state index is 0.148. The van der Waals surface area contributed by atoms with Crippen molar-refractivity contribution in [2.45, 2.75) is 18.2 Å². The van der Waals surface area contributed by atoms with Gasteiger partial charge >= 0.3 is 5.97 Å². The smallest absolute Gasteiger partial charge is 0.310 e. The van der Waals surface area contributed by atoms with Crippen LogP contribution in [0.5, 0.6) is 0 Å². The average Bonchev–Trinajstić information content (AvgIpc) is 2.61. The number of rotatable bonds is 8. The van der Waals surface area contributed by atoms with Gasteiger partial charge in [-0.05, 0) is 37.1 Å². The van der Waals surface area contributed by atoms with E-state index in [1.807, 2.05) is 6.07 Å². The Balaban J connectivity index is 2.17. The fraction of sp³-hybridized carbons (Fsp3) is 0.278. The number of sulfonamides is 1. The van der Waals surface area contributed by atoms with E-state index in [9.17, 15) is 22.0 Å². The molecule has 1 unspecified atom stereocenters. The Morgan fingerprint density at radius 2 is 1.85 bits per heavy atom. The first kappa shape index (κ1) is 20.0. The summed E-state index contributed by atoms with van der Waals surface area (Å²) in [7, 11) is -4.32. The van der Waals surface area contributed by atoms with Gasteiger partial charge in [0.2, 0.25) is 10.0 Å². The molecule has 26 heavy (non-hydrogen) atoms. The number of hydrogen-bond donors (Lipinski definition) is 1. The Morgan fingerprint density at radius 3 is 2.50 bits per heavy atom. The quantitative estimate of drug-likeness (QED) is 0.712. The SMILES string of the molecule is CCOC(=O)C(CNS(=O)(=O)c1cc(F)ccc1F)Cc1ccccc1. The zero-order valence-electron chi connectivity index (χ0n) is 14.1. The van der Waals surface area contributed by atoms with Gasteiger partial charge in [-0.15, -0.1) is 0 Å². The van der Waals surface area contributed by atoms with E-state index >= 15 is 0 Å². The van der Waals surface area contributed by atoms with Crippen molar-refractivity contribution in [2.24, 2.45) is 5.92 Å². The summed E-state index contributed by atoms with van der Waals surface area (Å²) in [6.07, 6.45) is 0.244. The Morgan fingerprint density at radius 1 is 1.15 bits per heavy atom. The van der Waals surface area contributed by atoms with Gasteiger partial charge in [-0.3, -0.25) is 4.79 Å². The maximum atomic E-state index is 13.7. The number of esters is 1. The highest BCUT2D eigenvalue weighted by Gasteiger charge is 2.25. The molecule has 0 aliphatic heterocycles. The summed E-state index contributed by atoms with van der Waals surface area (Å²) in [5.41, 5.74) is 0.821. The molecular weight excluding hydrogens is 364 g/mol. The molecule has 0 saturated heterocycles. The molecule has 0 saturated carbocycles. The standard InChI is InChI=1S/C18H19F2NO4S/c1-2-25-18(22)14(10-13-6-4-3-5-7-13)12-21-26(23,24)17-11-15(19)8-9-16(17)20/h3-9,11,14,21H,2,10,12H2,1H3. The number of ether oxygens (including phenoxy) is 1. The molecular formula is C18H19F2NO4S. The van der Waals surface area contributed by atoms with Crippen LogP contribution in [0.1, 0.15) is 12.5 Å². The third-order valence-electron chi connectivity index (χ3n) is 3.65. The highest BCUT2D eigenvalue weighted by molar-refractivity contribution is 7.89. The van der Waals surface area contributed by atoms with Crippen LogP contribution >= 0.6 is 0 Å². The molecule has 0 aliphatic carbocycles. The Kier molecular flexibility index (Phi) is 6.82. The molecule has 0 heterocycles. The second kappa shape index (κ2) is 8.86. The predicted molar refractivity (Wildman–Crippen MR) is 91.8 cm³/mol. The lowest BCUT2D eigenvalue weighted by molar-refractivity contribution is -0.147. The van der Waals surface area contributed by atoms with Crippen molar-refractivity contribution >= 4 is 16.0 Å². The highest BCUT2D eigenvalue weighted by Crippen LogP contribution is 2.17. The van der Waals surface area contributed by atoms with Crippen LogP contribution < -0.4 is 4.72 Å². The molecule has 2 aromatic carbocycles. The second-order valence-electron chi connectivity index (χ2n) is 5.57. The van der Waals surface area contributed by atoms with Crippen LogP contribution in [0.2, 0.25) is 0 Å². The Labute approximate surface area is 151 Å². The second-order valence-corrected chi connectivity index (χ2v) is 7.30. The number of carbonyl (C=O) groups excluding carboxylic acids is 1. The average molecular weight is 383 g/mol. The molecule has 0 fully saturated rings. The van der Waals surface area contributed by atoms with E-state index in [0.29, 0.717) is 6.07 Å². The van der Waals surface area contributed by atoms with Crippen molar-refractivity contribution in [1.82, 2.24) is 4.72 Å². The molecule has 8 heteroatoms. The fourth-order valence-electron chi connectivity index (χ4n) is 2.37. The Bertz CT molecular complexity index is 857. The molecule has 140 valence electrons. The van der Waals surface area contributed by atoms with Gasteiger partial charge in [0.1, 0.15) is 16.5 Å². The minimum atomic E-state index is -4.32. The molecule has 0 spiro atoms. The van der Waals surface area contributed by atoms with Crippen molar-refractivity contribution in [3.8, 4) is 0 Å². The molecule has 5 nitrogen and oxygen atoms in total. The molecule has 1 N–H and O–H groups in total. The number of benzene rings is 2. The number of nitrogens with one attached hydrogen (secondary N) is 1. The van der Waals surface area contributed by atoms with Gasteiger partial charge in [-0.25, -0.2) is 21.9 Å². The largest absolute Gasteiger partial charge is 0.466 e. The van der Waals surface area contributed by atoms with E-state index < -0.39 is 38.4 Å². The monoisotopic (exact) mass is 383 g/mol. The van der Waals surface area contributed by atoms with Crippen molar-refractivity contribution in [1.29, 1.82) is 0 Å². The molecule has 0 bridgehead atoms. The number of halogens is 2. The van der Waals surface area contributed by atoms with Gasteiger partial charge in [-0.2, -0.15) is 0 Å². The first-order valence-corrected chi connectivity index (χ1v) is 9.47. The zero-order chi connectivity index (χ0) is 19.2. The summed E-state index contributed by atoms with van der Waals surface area (Å²) >= 11 is 0. The molecule has 0 radical (unpaired) electrons. The number of carbonyl (C=O) groups is 1. The summed E-state index contributed by atoms with van der Waals surface area (Å²) in [5.74, 6) is -3.32. The first-order valence-electron chi connectivity index (χ1n) is 7.98. The maximum Gasteiger partial charge on any atom is 0.310 e. The van der Waals surface area contributed by atoms with Gasteiger partial charge in [0.25, 0.3) is 0 Å². The minimum Gasteiger partial charge on any atom is -0.466 e. The van der Waals surface area contributed by atoms with Crippen molar-refractivity contribution in [2.75, 3.05) is 13.2 Å². The molecule has 0 amide bonds. The first-order chi connectivity index (χ1) is 12.3. The van der Waals surface area contributed by atoms with Crippen molar-refractivity contribution in [3.05, 3.63) is 65.7 Å². The fourth-order valence-corrected chi connectivity index (χ4v) is 3.54. The lowest BCUT2D eigenvalue weighted by Gasteiger charge is -2.17. The van der Waals surface area contributed by atoms with E-state index in [2.05, 4.69) is 4.72 Å². The topological polar surface area (TPSA) is 72.5 Å². The summed E-state index contributed by atoms with van der Waals surface area (Å²) in [5, 5.41) is 0. The summed E-state index contributed by atoms with van der Waals surface area (Å²) in [6.45, 7) is 1.49. The van der Waals surface area contributed by atoms with Gasteiger partial charge in [0.15, 0.2) is 0 Å². The van der Waals surface area contributed by atoms with Crippen LogP contribution in [0, 0.1) is 17.6 Å². The van der Waals surface area contributed by atoms with Gasteiger partial charge in [0, 0.05) is 6.54 Å². The lowest BCUT2D eigenvalue weighted by atomic mass is 10.00. The molecule has 2 aromatic rings. The molecule has 1 atom stereocenters. The van der Waals surface area contributed by atoms with E-state index in [1.54, 1.807) is 31.2 Å². The molecule has 0 aliphatic rings. The maximum absolute atomic E-state index is 13.7. The highest BCUT2D eigenvalue weighted by atomic mass is 32.2. The van der Waals surface area contributed by atoms with Crippen LogP contribution in [0.3, 0.4) is 0 Å². The van der Waals surface area contributed by atoms with Crippen LogP contribution in [-0.4, -0.2) is 27.5 Å². The molecule has 0 aromatic heterocycles. The van der Waals surface area contributed by atoms with E-state index in [4.69, 9.17) is 4.74 Å². The zero-order valence-corrected chi connectivity index (χ0v) is 14.9. The normalized spacial score (nSPS) is 12.6. The summed E-state index contributed by atoms with van der Waals surface area (Å²) < 4.78 is 58.7. The lowest BCUT2D eigenvalue weighted by Crippen LogP contribution is -2.35. The summed E-state index contributed by atoms with van der Waals surface area (Å²) in [6, 6.07) is 11.2. The van der Waals surface area contributed by atoms with Gasteiger partial charge < -0.3 is 4.74 Å². The van der Waals surface area contributed by atoms with Crippen molar-refractivity contribution < 1.29 is 26.7 Å².